The molecule has 4 nitrogen and oxygen atoms in total. The van der Waals surface area contributed by atoms with Gasteiger partial charge in [0.1, 0.15) is 11.4 Å². The van der Waals surface area contributed by atoms with Crippen LogP contribution in [0.1, 0.15) is 25.7 Å². The Labute approximate surface area is 99.6 Å². The van der Waals surface area contributed by atoms with E-state index in [0.29, 0.717) is 11.5 Å². The Bertz CT molecular complexity index is 497. The number of para-hydroxylation sites is 2. The molecule has 0 saturated heterocycles. The van der Waals surface area contributed by atoms with Crippen molar-refractivity contribution >= 4 is 17.1 Å². The van der Waals surface area contributed by atoms with Crippen LogP contribution in [0.15, 0.2) is 28.7 Å². The second kappa shape index (κ2) is 4.57. The molecule has 0 N–H and O–H groups in total. The van der Waals surface area contributed by atoms with Crippen molar-refractivity contribution in [1.29, 1.82) is 0 Å². The molecule has 0 aliphatic carbocycles. The molecule has 0 aliphatic rings. The van der Waals surface area contributed by atoms with E-state index < -0.39 is 5.92 Å². The van der Waals surface area contributed by atoms with Crippen molar-refractivity contribution in [2.75, 3.05) is 7.11 Å². The number of aromatic nitrogens is 1. The standard InChI is InChI=1S/C13H15NO3/c1-8(2)11(13(15)16-3)12-14-9-6-4-5-7-10(9)17-12/h4-8,11H,1-3H3. The van der Waals surface area contributed by atoms with E-state index in [1.54, 1.807) is 0 Å². The van der Waals surface area contributed by atoms with Crippen LogP contribution < -0.4 is 0 Å². The Morgan fingerprint density at radius 3 is 2.65 bits per heavy atom. The van der Waals surface area contributed by atoms with Crippen molar-refractivity contribution in [2.24, 2.45) is 5.92 Å². The second-order valence-corrected chi connectivity index (χ2v) is 4.26. The smallest absolute Gasteiger partial charge is 0.318 e. The molecule has 1 heterocycles. The van der Waals surface area contributed by atoms with Crippen LogP contribution in [0.5, 0.6) is 0 Å². The molecule has 4 heteroatoms. The topological polar surface area (TPSA) is 52.3 Å². The summed E-state index contributed by atoms with van der Waals surface area (Å²) in [4.78, 5) is 16.0. The zero-order valence-corrected chi connectivity index (χ0v) is 10.1. The van der Waals surface area contributed by atoms with Crippen molar-refractivity contribution in [1.82, 2.24) is 4.98 Å². The third kappa shape index (κ3) is 2.16. The number of carbonyl (C=O) groups excluding carboxylic acids is 1. The van der Waals surface area contributed by atoms with E-state index in [2.05, 4.69) is 4.98 Å². The first-order valence-corrected chi connectivity index (χ1v) is 5.56. The minimum Gasteiger partial charge on any atom is -0.468 e. The van der Waals surface area contributed by atoms with E-state index >= 15 is 0 Å². The third-order valence-electron chi connectivity index (χ3n) is 2.70. The lowest BCUT2D eigenvalue weighted by Crippen LogP contribution is -2.19. The molecule has 2 rings (SSSR count). The van der Waals surface area contributed by atoms with Crippen LogP contribution in [0.3, 0.4) is 0 Å². The van der Waals surface area contributed by atoms with Crippen LogP contribution >= 0.6 is 0 Å². The number of rotatable bonds is 3. The van der Waals surface area contributed by atoms with Crippen LogP contribution in [0.25, 0.3) is 11.1 Å². The van der Waals surface area contributed by atoms with Crippen molar-refractivity contribution in [3.05, 3.63) is 30.2 Å². The van der Waals surface area contributed by atoms with Gasteiger partial charge in [-0.2, -0.15) is 0 Å². The fraction of sp³-hybridized carbons (Fsp3) is 0.385. The highest BCUT2D eigenvalue weighted by atomic mass is 16.5. The Balaban J connectivity index is 2.45. The minimum atomic E-state index is -0.451. The third-order valence-corrected chi connectivity index (χ3v) is 2.70. The fourth-order valence-corrected chi connectivity index (χ4v) is 1.81. The molecule has 0 amide bonds. The van der Waals surface area contributed by atoms with Gasteiger partial charge in [-0.05, 0) is 18.1 Å². The maximum atomic E-state index is 11.7. The number of methoxy groups -OCH3 is 1. The lowest BCUT2D eigenvalue weighted by atomic mass is 9.96. The van der Waals surface area contributed by atoms with Gasteiger partial charge in [0.05, 0.1) is 7.11 Å². The maximum absolute atomic E-state index is 11.7. The lowest BCUT2D eigenvalue weighted by molar-refractivity contribution is -0.144. The number of ether oxygens (including phenoxy) is 1. The summed E-state index contributed by atoms with van der Waals surface area (Å²) in [5.74, 6) is -0.262. The average molecular weight is 233 g/mol. The number of fused-ring (bicyclic) bond motifs is 1. The Kier molecular flexibility index (Phi) is 3.13. The molecule has 90 valence electrons. The van der Waals surface area contributed by atoms with E-state index in [1.165, 1.54) is 7.11 Å². The monoisotopic (exact) mass is 233 g/mol. The SMILES string of the molecule is COC(=O)C(c1nc2ccccc2o1)C(C)C. The average Bonchev–Trinajstić information content (AvgIpc) is 2.71. The molecular weight excluding hydrogens is 218 g/mol. The second-order valence-electron chi connectivity index (χ2n) is 4.26. The Morgan fingerprint density at radius 2 is 2.06 bits per heavy atom. The predicted octanol–water partition coefficient (Wildman–Crippen LogP) is 2.74. The van der Waals surface area contributed by atoms with Gasteiger partial charge in [-0.1, -0.05) is 26.0 Å². The largest absolute Gasteiger partial charge is 0.468 e. The summed E-state index contributed by atoms with van der Waals surface area (Å²) in [5.41, 5.74) is 1.45. The molecule has 1 aromatic carbocycles. The molecule has 1 aromatic heterocycles. The van der Waals surface area contributed by atoms with Gasteiger partial charge in [0.25, 0.3) is 0 Å². The summed E-state index contributed by atoms with van der Waals surface area (Å²) in [7, 11) is 1.38. The van der Waals surface area contributed by atoms with Gasteiger partial charge in [-0.15, -0.1) is 0 Å². The highest BCUT2D eigenvalue weighted by molar-refractivity contribution is 5.79. The number of oxazole rings is 1. The van der Waals surface area contributed by atoms with Gasteiger partial charge in [0.2, 0.25) is 5.89 Å². The van der Waals surface area contributed by atoms with Crippen LogP contribution in [0.4, 0.5) is 0 Å². The van der Waals surface area contributed by atoms with Crippen LogP contribution in [-0.2, 0) is 9.53 Å². The van der Waals surface area contributed by atoms with Crippen molar-refractivity contribution in [3.8, 4) is 0 Å². The number of hydrogen-bond acceptors (Lipinski definition) is 4. The van der Waals surface area contributed by atoms with Crippen molar-refractivity contribution in [2.45, 2.75) is 19.8 Å². The summed E-state index contributed by atoms with van der Waals surface area (Å²) in [6.45, 7) is 3.88. The normalized spacial score (nSPS) is 12.9. The van der Waals surface area contributed by atoms with E-state index in [-0.39, 0.29) is 11.9 Å². The minimum absolute atomic E-state index is 0.0792. The Morgan fingerprint density at radius 1 is 1.35 bits per heavy atom. The predicted molar refractivity (Wildman–Crippen MR) is 63.6 cm³/mol. The van der Waals surface area contributed by atoms with Gasteiger partial charge in [-0.25, -0.2) is 4.98 Å². The number of nitrogens with zero attached hydrogens (tertiary/aromatic N) is 1. The first kappa shape index (κ1) is 11.6. The molecule has 0 aliphatic heterocycles. The van der Waals surface area contributed by atoms with E-state index in [0.717, 1.165) is 5.52 Å². The molecule has 0 fully saturated rings. The van der Waals surface area contributed by atoms with Crippen LogP contribution in [0, 0.1) is 5.92 Å². The highest BCUT2D eigenvalue weighted by Gasteiger charge is 2.30. The summed E-state index contributed by atoms with van der Waals surface area (Å²) in [5, 5.41) is 0. The fourth-order valence-electron chi connectivity index (χ4n) is 1.81. The molecule has 1 unspecified atom stereocenters. The molecule has 2 aromatic rings. The quantitative estimate of drug-likeness (QED) is 0.765. The summed E-state index contributed by atoms with van der Waals surface area (Å²) < 4.78 is 10.4. The molecular formula is C13H15NO3. The Hall–Kier alpha value is -1.84. The van der Waals surface area contributed by atoms with Crippen LogP contribution in [-0.4, -0.2) is 18.1 Å². The zero-order valence-electron chi connectivity index (χ0n) is 10.1. The summed E-state index contributed by atoms with van der Waals surface area (Å²) in [6, 6.07) is 7.45. The van der Waals surface area contributed by atoms with Crippen molar-refractivity contribution < 1.29 is 13.9 Å². The summed E-state index contributed by atoms with van der Waals surface area (Å²) >= 11 is 0. The van der Waals surface area contributed by atoms with E-state index in [9.17, 15) is 4.79 Å². The van der Waals surface area contributed by atoms with Gasteiger partial charge in [-0.3, -0.25) is 4.79 Å². The maximum Gasteiger partial charge on any atom is 0.318 e. The number of hydrogen-bond donors (Lipinski definition) is 0. The molecule has 0 saturated carbocycles. The zero-order chi connectivity index (χ0) is 12.4. The number of carbonyl (C=O) groups is 1. The molecule has 0 radical (unpaired) electrons. The molecule has 17 heavy (non-hydrogen) atoms. The van der Waals surface area contributed by atoms with Gasteiger partial charge in [0.15, 0.2) is 5.58 Å². The lowest BCUT2D eigenvalue weighted by Gasteiger charge is -2.14. The number of esters is 1. The molecule has 0 bridgehead atoms. The van der Waals surface area contributed by atoms with Crippen molar-refractivity contribution in [3.63, 3.8) is 0 Å². The first-order valence-electron chi connectivity index (χ1n) is 5.56. The summed E-state index contributed by atoms with van der Waals surface area (Å²) in [6.07, 6.45) is 0. The molecule has 0 spiro atoms. The molecule has 1 atom stereocenters. The van der Waals surface area contributed by atoms with Gasteiger partial charge < -0.3 is 9.15 Å². The van der Waals surface area contributed by atoms with Gasteiger partial charge >= 0.3 is 5.97 Å². The van der Waals surface area contributed by atoms with E-state index in [4.69, 9.17) is 9.15 Å². The first-order chi connectivity index (χ1) is 8.13. The van der Waals surface area contributed by atoms with Gasteiger partial charge in [0, 0.05) is 0 Å². The van der Waals surface area contributed by atoms with E-state index in [1.807, 2.05) is 38.1 Å². The highest BCUT2D eigenvalue weighted by Crippen LogP contribution is 2.28. The van der Waals surface area contributed by atoms with Crippen LogP contribution in [0.2, 0.25) is 0 Å². The number of benzene rings is 1.